The van der Waals surface area contributed by atoms with Crippen molar-refractivity contribution in [2.75, 3.05) is 18.5 Å². The Balaban J connectivity index is 1.90. The van der Waals surface area contributed by atoms with E-state index in [1.54, 1.807) is 31.2 Å². The molecule has 0 fully saturated rings. The number of benzene rings is 2. The molecular formula is C23H21N3O6S2. The van der Waals surface area contributed by atoms with Crippen molar-refractivity contribution < 1.29 is 28.2 Å². The minimum atomic E-state index is -4.03. The number of anilines is 1. The summed E-state index contributed by atoms with van der Waals surface area (Å²) < 4.78 is 27.8. The summed E-state index contributed by atoms with van der Waals surface area (Å²) in [6.07, 6.45) is 0. The van der Waals surface area contributed by atoms with E-state index in [-0.39, 0.29) is 46.3 Å². The van der Waals surface area contributed by atoms with Crippen LogP contribution in [-0.4, -0.2) is 48.0 Å². The zero-order valence-corrected chi connectivity index (χ0v) is 19.7. The number of amides is 1. The van der Waals surface area contributed by atoms with Gasteiger partial charge in [0.05, 0.1) is 39.3 Å². The lowest BCUT2D eigenvalue weighted by Gasteiger charge is -2.21. The smallest absolute Gasteiger partial charge is 0.337 e. The molecule has 3 aromatic rings. The molecule has 1 aromatic heterocycles. The number of nitrogens with one attached hydrogen (secondary N) is 1. The number of aromatic carboxylic acids is 1. The number of aliphatic hydroxyl groups excluding tert-OH is 1. The standard InChI is InChI=1S/C23H21N3O6S2/c1-15-21(34(31,32)26(9-10-27)14-16-5-3-2-4-6-16)12-20(33-15)22(28)25-19-8-7-17(13-24)11-18(19)23(29)30/h2-8,11-12,27H,9-10,14H2,1H3,(H,25,28)(H,29,30). The summed E-state index contributed by atoms with van der Waals surface area (Å²) >= 11 is 0.952. The fourth-order valence-corrected chi connectivity index (χ4v) is 6.11. The maximum Gasteiger partial charge on any atom is 0.337 e. The third-order valence-electron chi connectivity index (χ3n) is 4.89. The van der Waals surface area contributed by atoms with Crippen LogP contribution in [0.1, 0.15) is 36.0 Å². The first-order valence-corrected chi connectivity index (χ1v) is 12.3. The van der Waals surface area contributed by atoms with Gasteiger partial charge in [-0.3, -0.25) is 4.79 Å². The van der Waals surface area contributed by atoms with Crippen LogP contribution in [0.3, 0.4) is 0 Å². The Morgan fingerprint density at radius 1 is 1.15 bits per heavy atom. The molecule has 0 aliphatic rings. The highest BCUT2D eigenvalue weighted by Crippen LogP contribution is 2.30. The summed E-state index contributed by atoms with van der Waals surface area (Å²) in [6.45, 7) is 1.12. The van der Waals surface area contributed by atoms with Crippen molar-refractivity contribution in [1.29, 1.82) is 5.26 Å². The van der Waals surface area contributed by atoms with Crippen LogP contribution >= 0.6 is 11.3 Å². The van der Waals surface area contributed by atoms with Crippen molar-refractivity contribution in [1.82, 2.24) is 4.31 Å². The van der Waals surface area contributed by atoms with Crippen LogP contribution in [0.2, 0.25) is 0 Å². The maximum absolute atomic E-state index is 13.3. The van der Waals surface area contributed by atoms with Gasteiger partial charge >= 0.3 is 5.97 Å². The molecule has 0 atom stereocenters. The molecule has 34 heavy (non-hydrogen) atoms. The number of sulfonamides is 1. The van der Waals surface area contributed by atoms with E-state index in [1.165, 1.54) is 18.2 Å². The molecule has 3 rings (SSSR count). The van der Waals surface area contributed by atoms with Gasteiger partial charge in [-0.1, -0.05) is 30.3 Å². The van der Waals surface area contributed by atoms with Crippen molar-refractivity contribution >= 4 is 38.9 Å². The Bertz CT molecular complexity index is 1360. The number of nitriles is 1. The summed E-state index contributed by atoms with van der Waals surface area (Å²) in [5, 5.41) is 30.3. The molecule has 176 valence electrons. The van der Waals surface area contributed by atoms with Crippen LogP contribution in [-0.2, 0) is 16.6 Å². The minimum absolute atomic E-state index is 0.0158. The van der Waals surface area contributed by atoms with E-state index in [1.807, 2.05) is 12.1 Å². The molecule has 3 N–H and O–H groups in total. The summed E-state index contributed by atoms with van der Waals surface area (Å²) in [4.78, 5) is 24.7. The molecule has 0 saturated carbocycles. The molecule has 0 unspecified atom stereocenters. The average Bonchev–Trinajstić information content (AvgIpc) is 3.22. The number of carboxylic acids is 1. The Hall–Kier alpha value is -3.56. The molecular weight excluding hydrogens is 478 g/mol. The third kappa shape index (κ3) is 5.49. The van der Waals surface area contributed by atoms with E-state index >= 15 is 0 Å². The van der Waals surface area contributed by atoms with Crippen LogP contribution in [0, 0.1) is 18.3 Å². The highest BCUT2D eigenvalue weighted by molar-refractivity contribution is 7.89. The third-order valence-corrected chi connectivity index (χ3v) is 8.04. The van der Waals surface area contributed by atoms with Crippen LogP contribution in [0.15, 0.2) is 59.5 Å². The van der Waals surface area contributed by atoms with E-state index in [0.29, 0.717) is 4.88 Å². The highest BCUT2D eigenvalue weighted by Gasteiger charge is 2.29. The number of carbonyl (C=O) groups excluding carboxylic acids is 1. The topological polar surface area (TPSA) is 148 Å². The SMILES string of the molecule is Cc1sc(C(=O)Nc2ccc(C#N)cc2C(=O)O)cc1S(=O)(=O)N(CCO)Cc1ccccc1. The second-order valence-corrected chi connectivity index (χ2v) is 10.4. The van der Waals surface area contributed by atoms with Crippen molar-refractivity contribution in [3.05, 3.63) is 81.0 Å². The van der Waals surface area contributed by atoms with Gasteiger partial charge in [0, 0.05) is 18.0 Å². The van der Waals surface area contributed by atoms with Crippen molar-refractivity contribution in [3.8, 4) is 6.07 Å². The lowest BCUT2D eigenvalue weighted by Crippen LogP contribution is -2.33. The van der Waals surface area contributed by atoms with E-state index in [9.17, 15) is 28.2 Å². The van der Waals surface area contributed by atoms with Gasteiger partial charge in [0.25, 0.3) is 5.91 Å². The first-order valence-electron chi connectivity index (χ1n) is 10.0. The van der Waals surface area contributed by atoms with Gasteiger partial charge in [-0.25, -0.2) is 13.2 Å². The first kappa shape index (κ1) is 25.1. The fraction of sp³-hybridized carbons (Fsp3) is 0.174. The molecule has 1 amide bonds. The van der Waals surface area contributed by atoms with Crippen LogP contribution < -0.4 is 5.32 Å². The molecule has 0 saturated heterocycles. The van der Waals surface area contributed by atoms with Gasteiger partial charge in [0.15, 0.2) is 0 Å². The summed E-state index contributed by atoms with van der Waals surface area (Å²) in [5.41, 5.74) is 0.592. The number of aryl methyl sites for hydroxylation is 1. The van der Waals surface area contributed by atoms with Gasteiger partial charge in [0.2, 0.25) is 10.0 Å². The average molecular weight is 500 g/mol. The minimum Gasteiger partial charge on any atom is -0.478 e. The number of thiophene rings is 1. The van der Waals surface area contributed by atoms with E-state index < -0.39 is 21.9 Å². The molecule has 9 nitrogen and oxygen atoms in total. The Kier molecular flexibility index (Phi) is 7.80. The number of aliphatic hydroxyl groups is 1. The zero-order valence-electron chi connectivity index (χ0n) is 18.1. The number of nitrogens with zero attached hydrogens (tertiary/aromatic N) is 2. The number of rotatable bonds is 9. The molecule has 0 aliphatic carbocycles. The molecule has 0 spiro atoms. The first-order chi connectivity index (χ1) is 16.2. The lowest BCUT2D eigenvalue weighted by atomic mass is 10.1. The quantitative estimate of drug-likeness (QED) is 0.410. The predicted molar refractivity (Wildman–Crippen MR) is 126 cm³/mol. The molecule has 0 bridgehead atoms. The molecule has 2 aromatic carbocycles. The summed E-state index contributed by atoms with van der Waals surface area (Å²) in [6, 6.07) is 15.8. The van der Waals surface area contributed by atoms with Crippen molar-refractivity contribution in [3.63, 3.8) is 0 Å². The molecule has 11 heteroatoms. The van der Waals surface area contributed by atoms with Gasteiger partial charge in [-0.05, 0) is 36.8 Å². The second-order valence-electron chi connectivity index (χ2n) is 7.21. The number of carboxylic acid groups (broad SMARTS) is 1. The van der Waals surface area contributed by atoms with E-state index in [2.05, 4.69) is 5.32 Å². The maximum atomic E-state index is 13.3. The number of carbonyl (C=O) groups is 2. The Morgan fingerprint density at radius 2 is 1.85 bits per heavy atom. The number of hydrogen-bond donors (Lipinski definition) is 3. The normalized spacial score (nSPS) is 11.2. The lowest BCUT2D eigenvalue weighted by molar-refractivity contribution is 0.0698. The fourth-order valence-electron chi connectivity index (χ4n) is 3.24. The van der Waals surface area contributed by atoms with Crippen LogP contribution in [0.25, 0.3) is 0 Å². The van der Waals surface area contributed by atoms with Gasteiger partial charge in [0.1, 0.15) is 0 Å². The van der Waals surface area contributed by atoms with Gasteiger partial charge in [-0.2, -0.15) is 9.57 Å². The van der Waals surface area contributed by atoms with Crippen LogP contribution in [0.4, 0.5) is 5.69 Å². The Morgan fingerprint density at radius 3 is 2.47 bits per heavy atom. The number of hydrogen-bond acceptors (Lipinski definition) is 7. The molecule has 0 radical (unpaired) electrons. The van der Waals surface area contributed by atoms with E-state index in [0.717, 1.165) is 27.3 Å². The highest BCUT2D eigenvalue weighted by atomic mass is 32.2. The van der Waals surface area contributed by atoms with Gasteiger partial charge in [-0.15, -0.1) is 11.3 Å². The van der Waals surface area contributed by atoms with Crippen LogP contribution in [0.5, 0.6) is 0 Å². The monoisotopic (exact) mass is 499 g/mol. The zero-order chi connectivity index (χ0) is 24.9. The second kappa shape index (κ2) is 10.6. The van der Waals surface area contributed by atoms with Crippen molar-refractivity contribution in [2.24, 2.45) is 0 Å². The largest absolute Gasteiger partial charge is 0.478 e. The molecule has 0 aliphatic heterocycles. The molecule has 1 heterocycles. The van der Waals surface area contributed by atoms with E-state index in [4.69, 9.17) is 5.26 Å². The predicted octanol–water partition coefficient (Wildman–Crippen LogP) is 3.06. The summed E-state index contributed by atoms with van der Waals surface area (Å²) in [7, 11) is -4.03. The summed E-state index contributed by atoms with van der Waals surface area (Å²) in [5.74, 6) is -2.00. The Labute approximate surface area is 200 Å². The van der Waals surface area contributed by atoms with Gasteiger partial charge < -0.3 is 15.5 Å². The van der Waals surface area contributed by atoms with Crippen molar-refractivity contribution in [2.45, 2.75) is 18.4 Å².